The monoisotopic (exact) mass is 547 g/mol. The number of carbonyl (C=O) groups excluding carboxylic acids is 1. The van der Waals surface area contributed by atoms with Gasteiger partial charge in [-0.15, -0.1) is 0 Å². The second kappa shape index (κ2) is 10.7. The van der Waals surface area contributed by atoms with Crippen LogP contribution < -0.4 is 15.4 Å². The van der Waals surface area contributed by atoms with Crippen molar-refractivity contribution in [2.75, 3.05) is 38.2 Å². The Balaban J connectivity index is 1.51. The van der Waals surface area contributed by atoms with Crippen molar-refractivity contribution in [3.05, 3.63) is 52.0 Å². The van der Waals surface area contributed by atoms with Crippen LogP contribution in [0.1, 0.15) is 0 Å². The van der Waals surface area contributed by atoms with Crippen molar-refractivity contribution in [1.29, 1.82) is 0 Å². The highest BCUT2D eigenvalue weighted by Gasteiger charge is 2.26. The number of thiocarbonyl (C=S) groups is 1. The quantitative estimate of drug-likeness (QED) is 0.536. The Kier molecular flexibility index (Phi) is 8.25. The molecule has 0 radical (unpaired) electrons. The van der Waals surface area contributed by atoms with Gasteiger partial charge in [0, 0.05) is 23.2 Å². The number of rotatable bonds is 6. The topological polar surface area (TPSA) is 97.0 Å². The lowest BCUT2D eigenvalue weighted by atomic mass is 10.3. The van der Waals surface area contributed by atoms with Crippen molar-refractivity contribution in [2.24, 2.45) is 0 Å². The SMILES string of the molecule is O=C(COc1ccc(Br)cc1Cl)NC(=S)Nc1ccc(S(=O)(=O)N2CCOCC2)cc1. The number of morpholine rings is 1. The van der Waals surface area contributed by atoms with Gasteiger partial charge in [-0.3, -0.25) is 10.1 Å². The van der Waals surface area contributed by atoms with E-state index in [1.807, 2.05) is 0 Å². The van der Waals surface area contributed by atoms with Crippen molar-refractivity contribution in [3.63, 3.8) is 0 Å². The second-order valence-electron chi connectivity index (χ2n) is 6.41. The lowest BCUT2D eigenvalue weighted by molar-refractivity contribution is -0.121. The molecule has 0 aliphatic carbocycles. The summed E-state index contributed by atoms with van der Waals surface area (Å²) in [5.41, 5.74) is 0.531. The zero-order valence-corrected chi connectivity index (χ0v) is 20.1. The largest absolute Gasteiger partial charge is 0.482 e. The lowest BCUT2D eigenvalue weighted by Gasteiger charge is -2.26. The Hall–Kier alpha value is -1.76. The van der Waals surface area contributed by atoms with Gasteiger partial charge >= 0.3 is 0 Å². The van der Waals surface area contributed by atoms with Crippen LogP contribution in [0.4, 0.5) is 5.69 Å². The molecule has 0 atom stereocenters. The van der Waals surface area contributed by atoms with E-state index in [9.17, 15) is 13.2 Å². The van der Waals surface area contributed by atoms with Crippen molar-refractivity contribution < 1.29 is 22.7 Å². The molecule has 1 aliphatic heterocycles. The zero-order valence-electron chi connectivity index (χ0n) is 16.1. The molecule has 3 rings (SSSR count). The molecule has 0 saturated carbocycles. The van der Waals surface area contributed by atoms with Crippen LogP contribution in [0.2, 0.25) is 5.02 Å². The molecule has 1 amide bonds. The maximum absolute atomic E-state index is 12.6. The highest BCUT2D eigenvalue weighted by molar-refractivity contribution is 9.10. The number of nitrogens with one attached hydrogen (secondary N) is 2. The van der Waals surface area contributed by atoms with Gasteiger partial charge in [0.15, 0.2) is 11.7 Å². The van der Waals surface area contributed by atoms with Gasteiger partial charge in [0.05, 0.1) is 23.1 Å². The minimum absolute atomic E-state index is 0.0549. The van der Waals surface area contributed by atoms with E-state index in [0.29, 0.717) is 42.8 Å². The first kappa shape index (κ1) is 23.9. The van der Waals surface area contributed by atoms with Gasteiger partial charge in [0.25, 0.3) is 5.91 Å². The number of benzene rings is 2. The van der Waals surface area contributed by atoms with E-state index in [1.165, 1.54) is 16.4 Å². The van der Waals surface area contributed by atoms with Crippen LogP contribution in [0, 0.1) is 0 Å². The fraction of sp³-hybridized carbons (Fsp3) is 0.263. The summed E-state index contributed by atoms with van der Waals surface area (Å²) in [6.45, 7) is 1.13. The molecule has 166 valence electrons. The molecule has 0 aromatic heterocycles. The van der Waals surface area contributed by atoms with E-state index < -0.39 is 15.9 Å². The number of amides is 1. The first-order chi connectivity index (χ1) is 14.8. The van der Waals surface area contributed by atoms with Crippen LogP contribution in [0.3, 0.4) is 0 Å². The number of halogens is 2. The van der Waals surface area contributed by atoms with Gasteiger partial charge in [0.1, 0.15) is 5.75 Å². The number of nitrogens with zero attached hydrogens (tertiary/aromatic N) is 1. The summed E-state index contributed by atoms with van der Waals surface area (Å²) >= 11 is 14.5. The fourth-order valence-electron chi connectivity index (χ4n) is 2.71. The third-order valence-corrected chi connectivity index (χ3v) is 7.13. The smallest absolute Gasteiger partial charge is 0.264 e. The fourth-order valence-corrected chi connectivity index (χ4v) is 5.07. The van der Waals surface area contributed by atoms with Crippen molar-refractivity contribution in [3.8, 4) is 5.75 Å². The molecule has 1 fully saturated rings. The molecule has 31 heavy (non-hydrogen) atoms. The summed E-state index contributed by atoms with van der Waals surface area (Å²) in [4.78, 5) is 12.2. The van der Waals surface area contributed by atoms with Crippen LogP contribution in [0.15, 0.2) is 51.8 Å². The van der Waals surface area contributed by atoms with Crippen molar-refractivity contribution in [1.82, 2.24) is 9.62 Å². The Morgan fingerprint density at radius 2 is 1.87 bits per heavy atom. The summed E-state index contributed by atoms with van der Waals surface area (Å²) in [5, 5.41) is 5.75. The molecule has 1 saturated heterocycles. The Morgan fingerprint density at radius 3 is 2.52 bits per heavy atom. The van der Waals surface area contributed by atoms with Crippen molar-refractivity contribution in [2.45, 2.75) is 4.90 Å². The predicted molar refractivity (Wildman–Crippen MR) is 125 cm³/mol. The predicted octanol–water partition coefficient (Wildman–Crippen LogP) is 3.02. The molecule has 2 N–H and O–H groups in total. The maximum Gasteiger partial charge on any atom is 0.264 e. The Morgan fingerprint density at radius 1 is 1.19 bits per heavy atom. The Bertz CT molecular complexity index is 1060. The van der Waals surface area contributed by atoms with Crippen LogP contribution >= 0.6 is 39.7 Å². The first-order valence-electron chi connectivity index (χ1n) is 9.12. The van der Waals surface area contributed by atoms with Crippen LogP contribution in [-0.4, -0.2) is 56.7 Å². The molecule has 8 nitrogen and oxygen atoms in total. The summed E-state index contributed by atoms with van der Waals surface area (Å²) in [5.74, 6) is -0.0982. The third-order valence-electron chi connectivity index (χ3n) is 4.23. The number of anilines is 1. The van der Waals surface area contributed by atoms with Crippen LogP contribution in [-0.2, 0) is 19.6 Å². The van der Waals surface area contributed by atoms with E-state index in [-0.39, 0.29) is 16.6 Å². The summed E-state index contributed by atoms with van der Waals surface area (Å²) < 4.78 is 38.0. The number of ether oxygens (including phenoxy) is 2. The summed E-state index contributed by atoms with van der Waals surface area (Å²) in [7, 11) is -3.57. The van der Waals surface area contributed by atoms with E-state index in [4.69, 9.17) is 33.3 Å². The van der Waals surface area contributed by atoms with Gasteiger partial charge < -0.3 is 14.8 Å². The molecule has 0 spiro atoms. The molecule has 1 heterocycles. The number of hydrogen-bond acceptors (Lipinski definition) is 6. The standard InChI is InChI=1S/C19H19BrClN3O5S2/c20-13-1-6-17(16(21)11-13)29-12-18(25)23-19(30)22-14-2-4-15(5-3-14)31(26,27)24-7-9-28-10-8-24/h1-6,11H,7-10,12H2,(H2,22,23,25,30). The molecule has 1 aliphatic rings. The first-order valence-corrected chi connectivity index (χ1v) is 12.1. The van der Waals surface area contributed by atoms with Crippen molar-refractivity contribution >= 4 is 66.5 Å². The summed E-state index contributed by atoms with van der Waals surface area (Å²) in [6, 6.07) is 11.2. The second-order valence-corrected chi connectivity index (χ2v) is 10.1. The summed E-state index contributed by atoms with van der Waals surface area (Å²) in [6.07, 6.45) is 0. The van der Waals surface area contributed by atoms with E-state index in [0.717, 1.165) is 4.47 Å². The number of carbonyl (C=O) groups is 1. The third kappa shape index (κ3) is 6.61. The minimum Gasteiger partial charge on any atom is -0.482 e. The van der Waals surface area contributed by atoms with Gasteiger partial charge in [-0.1, -0.05) is 27.5 Å². The van der Waals surface area contributed by atoms with E-state index in [1.54, 1.807) is 30.3 Å². The number of hydrogen-bond donors (Lipinski definition) is 2. The van der Waals surface area contributed by atoms with Gasteiger partial charge in [-0.05, 0) is 54.7 Å². The maximum atomic E-state index is 12.6. The van der Waals surface area contributed by atoms with Gasteiger partial charge in [-0.25, -0.2) is 8.42 Å². The zero-order chi connectivity index (χ0) is 22.4. The molecule has 2 aromatic carbocycles. The molecular formula is C19H19BrClN3O5S2. The highest BCUT2D eigenvalue weighted by Crippen LogP contribution is 2.27. The van der Waals surface area contributed by atoms with E-state index in [2.05, 4.69) is 26.6 Å². The van der Waals surface area contributed by atoms with Crippen LogP contribution in [0.5, 0.6) is 5.75 Å². The normalized spacial score (nSPS) is 14.6. The van der Waals surface area contributed by atoms with Gasteiger partial charge in [-0.2, -0.15) is 4.31 Å². The van der Waals surface area contributed by atoms with Gasteiger partial charge in [0.2, 0.25) is 10.0 Å². The average molecular weight is 549 g/mol. The molecular weight excluding hydrogens is 530 g/mol. The molecule has 0 bridgehead atoms. The molecule has 12 heteroatoms. The lowest BCUT2D eigenvalue weighted by Crippen LogP contribution is -2.40. The minimum atomic E-state index is -3.57. The molecule has 0 unspecified atom stereocenters. The Labute approximate surface area is 199 Å². The van der Waals surface area contributed by atoms with Crippen LogP contribution in [0.25, 0.3) is 0 Å². The van der Waals surface area contributed by atoms with E-state index >= 15 is 0 Å². The molecule has 2 aromatic rings. The highest BCUT2D eigenvalue weighted by atomic mass is 79.9. The average Bonchev–Trinajstić information content (AvgIpc) is 2.74. The number of sulfonamides is 1.